The number of nitrogens with zero attached hydrogens (tertiary/aromatic N) is 1. The molecule has 1 saturated carbocycles. The molecule has 0 heterocycles. The summed E-state index contributed by atoms with van der Waals surface area (Å²) in [7, 11) is 0. The van der Waals surface area contributed by atoms with Crippen molar-refractivity contribution in [3.8, 4) is 0 Å². The fraction of sp³-hybridized carbons (Fsp3) is 0.429. The number of amides is 1. The molecule has 108 valence electrons. The van der Waals surface area contributed by atoms with E-state index in [-0.39, 0.29) is 23.1 Å². The molecule has 1 aromatic carbocycles. The lowest BCUT2D eigenvalue weighted by Gasteiger charge is -2.28. The smallest absolute Gasteiger partial charge is 0.254 e. The predicted molar refractivity (Wildman–Crippen MR) is 76.4 cm³/mol. The highest BCUT2D eigenvalue weighted by Crippen LogP contribution is 2.25. The molecule has 0 radical (unpaired) electrons. The molecular formula is C14H16F2N2OS. The van der Waals surface area contributed by atoms with Gasteiger partial charge in [0.2, 0.25) is 0 Å². The van der Waals surface area contributed by atoms with Gasteiger partial charge in [-0.15, -0.1) is 0 Å². The zero-order chi connectivity index (χ0) is 14.7. The van der Waals surface area contributed by atoms with Crippen LogP contribution in [-0.4, -0.2) is 28.4 Å². The van der Waals surface area contributed by atoms with Crippen LogP contribution in [0.5, 0.6) is 0 Å². The Morgan fingerprint density at radius 3 is 2.30 bits per heavy atom. The Balaban J connectivity index is 2.26. The third kappa shape index (κ3) is 3.50. The fourth-order valence-electron chi connectivity index (χ4n) is 2.59. The minimum Gasteiger partial charge on any atom is -0.392 e. The van der Waals surface area contributed by atoms with Gasteiger partial charge in [0.05, 0.1) is 11.5 Å². The number of nitrogens with two attached hydrogens (primary N) is 1. The molecule has 0 aliphatic heterocycles. The zero-order valence-corrected chi connectivity index (χ0v) is 11.8. The van der Waals surface area contributed by atoms with E-state index in [4.69, 9.17) is 18.0 Å². The van der Waals surface area contributed by atoms with Crippen molar-refractivity contribution in [1.29, 1.82) is 0 Å². The molecule has 1 aliphatic rings. The molecule has 6 heteroatoms. The van der Waals surface area contributed by atoms with Crippen LogP contribution >= 0.6 is 12.2 Å². The summed E-state index contributed by atoms with van der Waals surface area (Å²) in [6, 6.07) is 2.85. The van der Waals surface area contributed by atoms with E-state index in [1.807, 2.05) is 0 Å². The molecule has 3 nitrogen and oxygen atoms in total. The van der Waals surface area contributed by atoms with Crippen LogP contribution in [0.15, 0.2) is 18.2 Å². The molecule has 2 rings (SSSR count). The highest BCUT2D eigenvalue weighted by Gasteiger charge is 2.28. The van der Waals surface area contributed by atoms with Crippen molar-refractivity contribution >= 4 is 23.1 Å². The summed E-state index contributed by atoms with van der Waals surface area (Å²) in [6.45, 7) is 0.136. The molecule has 1 amide bonds. The molecule has 0 atom stereocenters. The first-order valence-corrected chi connectivity index (χ1v) is 6.93. The molecule has 0 saturated heterocycles. The summed E-state index contributed by atoms with van der Waals surface area (Å²) in [5.41, 5.74) is 5.52. The standard InChI is InChI=1S/C14H16F2N2OS/c15-10-5-9(6-11(16)7-10)14(19)18(8-13(17)20)12-3-1-2-4-12/h5-7,12H,1-4,8H2,(H2,17,20). The number of benzene rings is 1. The summed E-state index contributed by atoms with van der Waals surface area (Å²) >= 11 is 4.86. The third-order valence-electron chi connectivity index (χ3n) is 3.46. The Kier molecular flexibility index (Phi) is 4.65. The second kappa shape index (κ2) is 6.26. The average molecular weight is 298 g/mol. The van der Waals surface area contributed by atoms with Crippen molar-refractivity contribution in [1.82, 2.24) is 4.90 Å². The van der Waals surface area contributed by atoms with Gasteiger partial charge in [-0.2, -0.15) is 0 Å². The molecule has 1 aliphatic carbocycles. The molecule has 1 aromatic rings. The first-order valence-electron chi connectivity index (χ1n) is 6.53. The Labute approximate surface area is 121 Å². The Morgan fingerprint density at radius 2 is 1.80 bits per heavy atom. The lowest BCUT2D eigenvalue weighted by molar-refractivity contribution is 0.0713. The quantitative estimate of drug-likeness (QED) is 0.869. The molecule has 20 heavy (non-hydrogen) atoms. The van der Waals surface area contributed by atoms with Gasteiger partial charge in [0.25, 0.3) is 5.91 Å². The SMILES string of the molecule is NC(=S)CN(C(=O)c1cc(F)cc(F)c1)C1CCCC1. The monoisotopic (exact) mass is 298 g/mol. The molecular weight excluding hydrogens is 282 g/mol. The topological polar surface area (TPSA) is 46.3 Å². The van der Waals surface area contributed by atoms with Crippen molar-refractivity contribution in [2.24, 2.45) is 5.73 Å². The van der Waals surface area contributed by atoms with Gasteiger partial charge in [0, 0.05) is 17.7 Å². The summed E-state index contributed by atoms with van der Waals surface area (Å²) in [5, 5.41) is 0. The van der Waals surface area contributed by atoms with Crippen LogP contribution in [0, 0.1) is 11.6 Å². The van der Waals surface area contributed by atoms with Crippen LogP contribution < -0.4 is 5.73 Å². The molecule has 0 unspecified atom stereocenters. The van der Waals surface area contributed by atoms with Crippen molar-refractivity contribution in [3.63, 3.8) is 0 Å². The van der Waals surface area contributed by atoms with Gasteiger partial charge in [0.15, 0.2) is 0 Å². The Bertz CT molecular complexity index is 510. The van der Waals surface area contributed by atoms with Crippen molar-refractivity contribution in [3.05, 3.63) is 35.4 Å². The van der Waals surface area contributed by atoms with Crippen molar-refractivity contribution < 1.29 is 13.6 Å². The molecule has 2 N–H and O–H groups in total. The molecule has 0 aromatic heterocycles. The lowest BCUT2D eigenvalue weighted by Crippen LogP contribution is -2.43. The van der Waals surface area contributed by atoms with Crippen molar-refractivity contribution in [2.45, 2.75) is 31.7 Å². The van der Waals surface area contributed by atoms with E-state index >= 15 is 0 Å². The van der Waals surface area contributed by atoms with Gasteiger partial charge < -0.3 is 10.6 Å². The fourth-order valence-corrected chi connectivity index (χ4v) is 2.73. The van der Waals surface area contributed by atoms with Gasteiger partial charge in [-0.1, -0.05) is 25.1 Å². The van der Waals surface area contributed by atoms with Gasteiger partial charge in [-0.05, 0) is 25.0 Å². The molecule has 0 bridgehead atoms. The second-order valence-electron chi connectivity index (χ2n) is 5.00. The van der Waals surface area contributed by atoms with Crippen LogP contribution in [0.1, 0.15) is 36.0 Å². The number of hydrogen-bond acceptors (Lipinski definition) is 2. The maximum atomic E-state index is 13.2. The van der Waals surface area contributed by atoms with Crippen LogP contribution in [-0.2, 0) is 0 Å². The first kappa shape index (κ1) is 14.8. The average Bonchev–Trinajstić information content (AvgIpc) is 2.87. The van der Waals surface area contributed by atoms with Crippen LogP contribution in [0.2, 0.25) is 0 Å². The van der Waals surface area contributed by atoms with Crippen molar-refractivity contribution in [2.75, 3.05) is 6.54 Å². The number of halogens is 2. The summed E-state index contributed by atoms with van der Waals surface area (Å²) < 4.78 is 26.5. The van der Waals surface area contributed by atoms with Crippen LogP contribution in [0.4, 0.5) is 8.78 Å². The number of thiocarbonyl (C=S) groups is 1. The maximum Gasteiger partial charge on any atom is 0.254 e. The zero-order valence-electron chi connectivity index (χ0n) is 10.9. The molecule has 0 spiro atoms. The maximum absolute atomic E-state index is 13.2. The lowest BCUT2D eigenvalue weighted by atomic mass is 10.1. The van der Waals surface area contributed by atoms with E-state index in [2.05, 4.69) is 0 Å². The van der Waals surface area contributed by atoms with Gasteiger partial charge in [-0.25, -0.2) is 8.78 Å². The number of hydrogen-bond donors (Lipinski definition) is 1. The van der Waals surface area contributed by atoms with E-state index in [0.29, 0.717) is 0 Å². The first-order chi connectivity index (χ1) is 9.47. The van der Waals surface area contributed by atoms with Gasteiger partial charge >= 0.3 is 0 Å². The highest BCUT2D eigenvalue weighted by molar-refractivity contribution is 7.80. The predicted octanol–water partition coefficient (Wildman–Crippen LogP) is 2.64. The van der Waals surface area contributed by atoms with E-state index in [1.165, 1.54) is 4.90 Å². The summed E-state index contributed by atoms with van der Waals surface area (Å²) in [6.07, 6.45) is 3.80. The van der Waals surface area contributed by atoms with E-state index in [9.17, 15) is 13.6 Å². The molecule has 1 fully saturated rings. The Morgan fingerprint density at radius 1 is 1.25 bits per heavy atom. The van der Waals surface area contributed by atoms with Gasteiger partial charge in [-0.3, -0.25) is 4.79 Å². The van der Waals surface area contributed by atoms with Crippen LogP contribution in [0.3, 0.4) is 0 Å². The minimum atomic E-state index is -0.768. The normalized spacial score (nSPS) is 15.3. The second-order valence-corrected chi connectivity index (χ2v) is 5.52. The van der Waals surface area contributed by atoms with E-state index < -0.39 is 17.5 Å². The van der Waals surface area contributed by atoms with E-state index in [0.717, 1.165) is 43.9 Å². The van der Waals surface area contributed by atoms with E-state index in [1.54, 1.807) is 0 Å². The minimum absolute atomic E-state index is 0.00866. The number of carbonyl (C=O) groups excluding carboxylic acids is 1. The summed E-state index contributed by atoms with van der Waals surface area (Å²) in [4.78, 5) is 14.2. The number of carbonyl (C=O) groups is 1. The van der Waals surface area contributed by atoms with Gasteiger partial charge in [0.1, 0.15) is 11.6 Å². The number of rotatable bonds is 4. The highest BCUT2D eigenvalue weighted by atomic mass is 32.1. The third-order valence-corrected chi connectivity index (χ3v) is 3.59. The van der Waals surface area contributed by atoms with Crippen LogP contribution in [0.25, 0.3) is 0 Å². The largest absolute Gasteiger partial charge is 0.392 e. The Hall–Kier alpha value is -1.56. The summed E-state index contributed by atoms with van der Waals surface area (Å²) in [5.74, 6) is -1.96.